The van der Waals surface area contributed by atoms with Crippen molar-refractivity contribution in [2.45, 2.75) is 0 Å². The highest BCUT2D eigenvalue weighted by Crippen LogP contribution is 2.23. The predicted molar refractivity (Wildman–Crippen MR) is 92.8 cm³/mol. The van der Waals surface area contributed by atoms with Crippen LogP contribution in [-0.4, -0.2) is 25.6 Å². The number of halogens is 2. The molecule has 8 heteroatoms. The van der Waals surface area contributed by atoms with Gasteiger partial charge in [-0.25, -0.2) is 4.79 Å². The molecule has 0 atom stereocenters. The van der Waals surface area contributed by atoms with Crippen LogP contribution >= 0.6 is 23.2 Å². The number of nitrogens with one attached hydrogen (secondary N) is 1. The van der Waals surface area contributed by atoms with Gasteiger partial charge in [0.25, 0.3) is 5.91 Å². The largest absolute Gasteiger partial charge is 0.495 e. The van der Waals surface area contributed by atoms with Gasteiger partial charge in [-0.3, -0.25) is 4.79 Å². The minimum atomic E-state index is -0.677. The second-order valence-corrected chi connectivity index (χ2v) is 5.61. The zero-order valence-electron chi connectivity index (χ0n) is 12.6. The van der Waals surface area contributed by atoms with Crippen molar-refractivity contribution in [2.75, 3.05) is 24.8 Å². The monoisotopic (exact) mass is 368 g/mol. The molecule has 0 spiro atoms. The smallest absolute Gasteiger partial charge is 0.338 e. The number of anilines is 2. The van der Waals surface area contributed by atoms with E-state index in [2.05, 4.69) is 5.32 Å². The number of methoxy groups -OCH3 is 1. The maximum atomic E-state index is 11.9. The van der Waals surface area contributed by atoms with Crippen LogP contribution in [0, 0.1) is 0 Å². The highest BCUT2D eigenvalue weighted by molar-refractivity contribution is 6.35. The first kappa shape index (κ1) is 17.9. The molecular formula is C16H14Cl2N2O4. The Bertz CT molecular complexity index is 760. The average molecular weight is 369 g/mol. The summed E-state index contributed by atoms with van der Waals surface area (Å²) in [7, 11) is 1.47. The van der Waals surface area contributed by atoms with E-state index in [1.54, 1.807) is 6.07 Å². The zero-order chi connectivity index (χ0) is 17.7. The van der Waals surface area contributed by atoms with E-state index in [4.69, 9.17) is 38.4 Å². The first-order valence-corrected chi connectivity index (χ1v) is 7.51. The summed E-state index contributed by atoms with van der Waals surface area (Å²) >= 11 is 11.7. The van der Waals surface area contributed by atoms with Gasteiger partial charge < -0.3 is 20.5 Å². The predicted octanol–water partition coefficient (Wildman–Crippen LogP) is 3.38. The fourth-order valence-corrected chi connectivity index (χ4v) is 2.42. The molecule has 0 saturated carbocycles. The molecule has 0 aliphatic heterocycles. The molecule has 1 amide bonds. The van der Waals surface area contributed by atoms with Crippen LogP contribution in [0.15, 0.2) is 36.4 Å². The first-order valence-electron chi connectivity index (χ1n) is 6.75. The average Bonchev–Trinajstić information content (AvgIpc) is 2.51. The molecule has 0 aromatic heterocycles. The van der Waals surface area contributed by atoms with Crippen molar-refractivity contribution in [2.24, 2.45) is 0 Å². The van der Waals surface area contributed by atoms with Crippen LogP contribution in [0.4, 0.5) is 11.4 Å². The molecular weight excluding hydrogens is 355 g/mol. The molecule has 0 saturated heterocycles. The Kier molecular flexibility index (Phi) is 5.89. The SMILES string of the molecule is COc1ccc(C(=O)OCC(=O)Nc2cc(Cl)cc(Cl)c2)cc1N. The fourth-order valence-electron chi connectivity index (χ4n) is 1.90. The van der Waals surface area contributed by atoms with E-state index in [-0.39, 0.29) is 5.56 Å². The number of benzene rings is 2. The molecule has 2 aromatic carbocycles. The lowest BCUT2D eigenvalue weighted by molar-refractivity contribution is -0.119. The number of carbonyl (C=O) groups excluding carboxylic acids is 2. The van der Waals surface area contributed by atoms with Crippen LogP contribution < -0.4 is 15.8 Å². The van der Waals surface area contributed by atoms with Crippen molar-refractivity contribution in [3.63, 3.8) is 0 Å². The van der Waals surface area contributed by atoms with Gasteiger partial charge in [0.15, 0.2) is 6.61 Å². The highest BCUT2D eigenvalue weighted by atomic mass is 35.5. The van der Waals surface area contributed by atoms with E-state index in [0.717, 1.165) is 0 Å². The van der Waals surface area contributed by atoms with Crippen molar-refractivity contribution in [3.8, 4) is 5.75 Å². The summed E-state index contributed by atoms with van der Waals surface area (Å²) in [5.74, 6) is -0.756. The van der Waals surface area contributed by atoms with Gasteiger partial charge in [0.1, 0.15) is 5.75 Å². The van der Waals surface area contributed by atoms with E-state index in [1.807, 2.05) is 0 Å². The Labute approximate surface area is 148 Å². The van der Waals surface area contributed by atoms with Crippen LogP contribution in [0.2, 0.25) is 10.0 Å². The number of ether oxygens (including phenoxy) is 2. The molecule has 0 fully saturated rings. The van der Waals surface area contributed by atoms with Gasteiger partial charge in [-0.2, -0.15) is 0 Å². The Balaban J connectivity index is 1.93. The van der Waals surface area contributed by atoms with Gasteiger partial charge in [0.2, 0.25) is 0 Å². The first-order chi connectivity index (χ1) is 11.4. The number of esters is 1. The van der Waals surface area contributed by atoms with E-state index >= 15 is 0 Å². The van der Waals surface area contributed by atoms with Gasteiger partial charge in [0, 0.05) is 15.7 Å². The Morgan fingerprint density at radius 2 is 1.79 bits per heavy atom. The van der Waals surface area contributed by atoms with Gasteiger partial charge >= 0.3 is 5.97 Å². The Morgan fingerprint density at radius 3 is 2.38 bits per heavy atom. The van der Waals surface area contributed by atoms with Crippen LogP contribution in [-0.2, 0) is 9.53 Å². The van der Waals surface area contributed by atoms with Crippen molar-refractivity contribution in [3.05, 3.63) is 52.0 Å². The van der Waals surface area contributed by atoms with Gasteiger partial charge in [-0.1, -0.05) is 23.2 Å². The number of nitrogen functional groups attached to an aromatic ring is 1. The zero-order valence-corrected chi connectivity index (χ0v) is 14.1. The van der Waals surface area contributed by atoms with E-state index in [1.165, 1.54) is 37.4 Å². The number of rotatable bonds is 5. The molecule has 0 aliphatic rings. The van der Waals surface area contributed by atoms with Crippen molar-refractivity contribution >= 4 is 46.5 Å². The summed E-state index contributed by atoms with van der Waals surface area (Å²) in [4.78, 5) is 23.7. The van der Waals surface area contributed by atoms with E-state index in [0.29, 0.717) is 27.2 Å². The molecule has 0 bridgehead atoms. The van der Waals surface area contributed by atoms with E-state index < -0.39 is 18.5 Å². The standard InChI is InChI=1S/C16H14Cl2N2O4/c1-23-14-3-2-9(4-13(14)19)16(22)24-8-15(21)20-12-6-10(17)5-11(18)7-12/h2-7H,8,19H2,1H3,(H,20,21). The quantitative estimate of drug-likeness (QED) is 0.623. The minimum absolute atomic E-state index is 0.215. The number of hydrogen-bond donors (Lipinski definition) is 2. The van der Waals surface area contributed by atoms with Crippen molar-refractivity contribution < 1.29 is 19.1 Å². The summed E-state index contributed by atoms with van der Waals surface area (Å²) in [5.41, 5.74) is 6.63. The van der Waals surface area contributed by atoms with Gasteiger partial charge in [-0.15, -0.1) is 0 Å². The second-order valence-electron chi connectivity index (χ2n) is 4.74. The Hall–Kier alpha value is -2.44. The molecule has 2 rings (SSSR count). The van der Waals surface area contributed by atoms with E-state index in [9.17, 15) is 9.59 Å². The summed E-state index contributed by atoms with van der Waals surface area (Å²) in [6.07, 6.45) is 0. The Morgan fingerprint density at radius 1 is 1.12 bits per heavy atom. The lowest BCUT2D eigenvalue weighted by atomic mass is 10.2. The van der Waals surface area contributed by atoms with Crippen molar-refractivity contribution in [1.29, 1.82) is 0 Å². The third kappa shape index (κ3) is 4.78. The number of carbonyl (C=O) groups is 2. The summed E-state index contributed by atoms with van der Waals surface area (Å²) in [6, 6.07) is 9.03. The van der Waals surface area contributed by atoms with Crippen LogP contribution in [0.5, 0.6) is 5.75 Å². The lowest BCUT2D eigenvalue weighted by Gasteiger charge is -2.09. The molecule has 24 heavy (non-hydrogen) atoms. The molecule has 0 unspecified atom stereocenters. The van der Waals surface area contributed by atoms with Gasteiger partial charge in [0.05, 0.1) is 18.4 Å². The number of amides is 1. The molecule has 2 aromatic rings. The second kappa shape index (κ2) is 7.90. The fraction of sp³-hybridized carbons (Fsp3) is 0.125. The van der Waals surface area contributed by atoms with Crippen LogP contribution in [0.3, 0.4) is 0 Å². The lowest BCUT2D eigenvalue weighted by Crippen LogP contribution is -2.21. The van der Waals surface area contributed by atoms with Crippen LogP contribution in [0.1, 0.15) is 10.4 Å². The molecule has 0 radical (unpaired) electrons. The third-order valence-corrected chi connectivity index (χ3v) is 3.38. The van der Waals surface area contributed by atoms with Gasteiger partial charge in [-0.05, 0) is 36.4 Å². The third-order valence-electron chi connectivity index (χ3n) is 2.95. The van der Waals surface area contributed by atoms with Crippen molar-refractivity contribution in [1.82, 2.24) is 0 Å². The normalized spacial score (nSPS) is 10.1. The molecule has 0 heterocycles. The maximum Gasteiger partial charge on any atom is 0.338 e. The van der Waals surface area contributed by atoms with Crippen LogP contribution in [0.25, 0.3) is 0 Å². The summed E-state index contributed by atoms with van der Waals surface area (Å²) < 4.78 is 9.94. The minimum Gasteiger partial charge on any atom is -0.495 e. The summed E-state index contributed by atoms with van der Waals surface area (Å²) in [6.45, 7) is -0.463. The molecule has 6 nitrogen and oxygen atoms in total. The number of nitrogens with two attached hydrogens (primary N) is 1. The number of hydrogen-bond acceptors (Lipinski definition) is 5. The molecule has 126 valence electrons. The molecule has 0 aliphatic carbocycles. The maximum absolute atomic E-state index is 11.9. The highest BCUT2D eigenvalue weighted by Gasteiger charge is 2.12. The molecule has 3 N–H and O–H groups in total. The summed E-state index contributed by atoms with van der Waals surface area (Å²) in [5, 5.41) is 3.29. The topological polar surface area (TPSA) is 90.6 Å².